The third-order valence-corrected chi connectivity index (χ3v) is 4.49. The van der Waals surface area contributed by atoms with Crippen molar-refractivity contribution in [2.45, 2.75) is 20.0 Å². The van der Waals surface area contributed by atoms with Crippen LogP contribution in [-0.2, 0) is 4.74 Å². The third-order valence-electron chi connectivity index (χ3n) is 4.49. The number of rotatable bonds is 4. The van der Waals surface area contributed by atoms with Crippen LogP contribution in [0.15, 0.2) is 65.1 Å². The van der Waals surface area contributed by atoms with Crippen LogP contribution in [0.1, 0.15) is 34.8 Å². The second kappa shape index (κ2) is 7.15. The number of aromatic nitrogens is 2. The monoisotopic (exact) mass is 374 g/mol. The van der Waals surface area contributed by atoms with Gasteiger partial charge in [0.15, 0.2) is 6.10 Å². The fourth-order valence-corrected chi connectivity index (χ4v) is 2.91. The number of hydrogen-bond donors (Lipinski definition) is 1. The van der Waals surface area contributed by atoms with Crippen molar-refractivity contribution in [2.75, 3.05) is 0 Å². The minimum Gasteiger partial charge on any atom is -0.506 e. The van der Waals surface area contributed by atoms with Gasteiger partial charge < -0.3 is 14.3 Å². The lowest BCUT2D eigenvalue weighted by atomic mass is 10.1. The molecule has 0 unspecified atom stereocenters. The molecule has 0 radical (unpaired) electrons. The number of esters is 1. The number of benzene rings is 3. The molecule has 6 nitrogen and oxygen atoms in total. The summed E-state index contributed by atoms with van der Waals surface area (Å²) >= 11 is 0. The van der Waals surface area contributed by atoms with Gasteiger partial charge in [-0.25, -0.2) is 4.79 Å². The first-order valence-corrected chi connectivity index (χ1v) is 8.85. The number of hydrogen-bond acceptors (Lipinski definition) is 6. The first-order chi connectivity index (χ1) is 13.5. The Morgan fingerprint density at radius 2 is 1.79 bits per heavy atom. The highest BCUT2D eigenvalue weighted by Crippen LogP contribution is 2.30. The van der Waals surface area contributed by atoms with Crippen LogP contribution in [0, 0.1) is 6.92 Å². The van der Waals surface area contributed by atoms with Crippen molar-refractivity contribution in [1.82, 2.24) is 10.2 Å². The number of nitrogens with zero attached hydrogens (tertiary/aromatic N) is 2. The molecule has 28 heavy (non-hydrogen) atoms. The highest BCUT2D eigenvalue weighted by molar-refractivity contribution is 6.01. The molecule has 0 aliphatic carbocycles. The number of fused-ring (bicyclic) bond motifs is 1. The van der Waals surface area contributed by atoms with E-state index in [0.717, 1.165) is 16.5 Å². The molecule has 140 valence electrons. The van der Waals surface area contributed by atoms with Gasteiger partial charge in [0.25, 0.3) is 5.89 Å². The molecular weight excluding hydrogens is 356 g/mol. The topological polar surface area (TPSA) is 85.5 Å². The predicted octanol–water partition coefficient (Wildman–Crippen LogP) is 4.82. The summed E-state index contributed by atoms with van der Waals surface area (Å²) in [5.41, 5.74) is 2.00. The summed E-state index contributed by atoms with van der Waals surface area (Å²) in [6.45, 7) is 3.63. The smallest absolute Gasteiger partial charge is 0.342 e. The first kappa shape index (κ1) is 17.7. The summed E-state index contributed by atoms with van der Waals surface area (Å²) in [5.74, 6) is -0.234. The molecule has 1 N–H and O–H groups in total. The average Bonchev–Trinajstić information content (AvgIpc) is 3.19. The van der Waals surface area contributed by atoms with E-state index in [9.17, 15) is 9.90 Å². The summed E-state index contributed by atoms with van der Waals surface area (Å²) in [6, 6.07) is 18.2. The van der Waals surface area contributed by atoms with Gasteiger partial charge in [-0.05, 0) is 37.4 Å². The third kappa shape index (κ3) is 3.32. The maximum atomic E-state index is 12.5. The summed E-state index contributed by atoms with van der Waals surface area (Å²) in [5, 5.41) is 19.8. The molecule has 1 heterocycles. The minimum atomic E-state index is -0.759. The Morgan fingerprint density at radius 3 is 2.57 bits per heavy atom. The molecule has 0 bridgehead atoms. The summed E-state index contributed by atoms with van der Waals surface area (Å²) < 4.78 is 11.1. The molecule has 0 aliphatic heterocycles. The zero-order valence-electron chi connectivity index (χ0n) is 15.4. The van der Waals surface area contributed by atoms with Crippen molar-refractivity contribution in [3.05, 3.63) is 77.7 Å². The molecule has 1 atom stereocenters. The van der Waals surface area contributed by atoms with E-state index < -0.39 is 12.1 Å². The highest BCUT2D eigenvalue weighted by Gasteiger charge is 2.22. The van der Waals surface area contributed by atoms with E-state index in [1.807, 2.05) is 43.3 Å². The second-order valence-electron chi connectivity index (χ2n) is 6.54. The molecule has 4 rings (SSSR count). The van der Waals surface area contributed by atoms with Crippen LogP contribution < -0.4 is 0 Å². The highest BCUT2D eigenvalue weighted by atomic mass is 16.6. The first-order valence-electron chi connectivity index (χ1n) is 8.85. The molecule has 3 aromatic carbocycles. The van der Waals surface area contributed by atoms with Crippen LogP contribution in [0.25, 0.3) is 22.2 Å². The zero-order valence-corrected chi connectivity index (χ0v) is 15.4. The van der Waals surface area contributed by atoms with E-state index in [1.54, 1.807) is 25.1 Å². The SMILES string of the molecule is Cc1ccc(-c2nnc([C@@H](C)OC(=O)c3ccc4ccccc4c3O)o2)cc1. The van der Waals surface area contributed by atoms with Crippen molar-refractivity contribution in [1.29, 1.82) is 0 Å². The fourth-order valence-electron chi connectivity index (χ4n) is 2.91. The second-order valence-corrected chi connectivity index (χ2v) is 6.54. The number of ether oxygens (including phenoxy) is 1. The van der Waals surface area contributed by atoms with Crippen molar-refractivity contribution in [3.63, 3.8) is 0 Å². The van der Waals surface area contributed by atoms with Gasteiger partial charge in [-0.3, -0.25) is 0 Å². The molecule has 4 aromatic rings. The molecule has 0 saturated heterocycles. The van der Waals surface area contributed by atoms with E-state index in [0.29, 0.717) is 11.3 Å². The van der Waals surface area contributed by atoms with Crippen LogP contribution in [0.4, 0.5) is 0 Å². The molecule has 6 heteroatoms. The predicted molar refractivity (Wildman–Crippen MR) is 104 cm³/mol. The Morgan fingerprint density at radius 1 is 1.04 bits per heavy atom. The molecular formula is C22H18N2O4. The molecule has 0 amide bonds. The van der Waals surface area contributed by atoms with Crippen molar-refractivity contribution in [3.8, 4) is 17.2 Å². The Kier molecular flexibility index (Phi) is 4.53. The standard InChI is InChI=1S/C22H18N2O4/c1-13-7-9-16(10-8-13)21-24-23-20(28-21)14(2)27-22(26)18-12-11-15-5-3-4-6-17(15)19(18)25/h3-12,14,25H,1-2H3/t14-/m1/s1. The number of carbonyl (C=O) groups is 1. The summed E-state index contributed by atoms with van der Waals surface area (Å²) in [6.07, 6.45) is -0.759. The van der Waals surface area contributed by atoms with Crippen molar-refractivity contribution >= 4 is 16.7 Å². The van der Waals surface area contributed by atoms with Gasteiger partial charge in [0.2, 0.25) is 5.89 Å². The Labute approximate surface area is 161 Å². The van der Waals surface area contributed by atoms with Gasteiger partial charge in [0.1, 0.15) is 11.3 Å². The van der Waals surface area contributed by atoms with Gasteiger partial charge in [0, 0.05) is 10.9 Å². The maximum Gasteiger partial charge on any atom is 0.342 e. The summed E-state index contributed by atoms with van der Waals surface area (Å²) in [4.78, 5) is 12.5. The van der Waals surface area contributed by atoms with E-state index >= 15 is 0 Å². The lowest BCUT2D eigenvalue weighted by Crippen LogP contribution is -2.10. The van der Waals surface area contributed by atoms with Crippen molar-refractivity contribution < 1.29 is 19.1 Å². The van der Waals surface area contributed by atoms with Gasteiger partial charge in [-0.2, -0.15) is 0 Å². The van der Waals surface area contributed by atoms with Crippen LogP contribution in [0.5, 0.6) is 5.75 Å². The lowest BCUT2D eigenvalue weighted by molar-refractivity contribution is 0.0277. The molecule has 0 aliphatic rings. The van der Waals surface area contributed by atoms with E-state index in [4.69, 9.17) is 9.15 Å². The number of aryl methyl sites for hydroxylation is 1. The molecule has 0 saturated carbocycles. The normalized spacial score (nSPS) is 12.1. The van der Waals surface area contributed by atoms with E-state index in [1.165, 1.54) is 6.07 Å². The largest absolute Gasteiger partial charge is 0.506 e. The van der Waals surface area contributed by atoms with Gasteiger partial charge in [-0.15, -0.1) is 10.2 Å². The fraction of sp³-hybridized carbons (Fsp3) is 0.136. The van der Waals surface area contributed by atoms with E-state index in [-0.39, 0.29) is 17.2 Å². The minimum absolute atomic E-state index is 0.0869. The van der Waals surface area contributed by atoms with E-state index in [2.05, 4.69) is 10.2 Å². The average molecular weight is 374 g/mol. The molecule has 1 aromatic heterocycles. The van der Waals surface area contributed by atoms with Crippen molar-refractivity contribution in [2.24, 2.45) is 0 Å². The Balaban J connectivity index is 1.54. The zero-order chi connectivity index (χ0) is 19.7. The maximum absolute atomic E-state index is 12.5. The number of carbonyl (C=O) groups excluding carboxylic acids is 1. The summed E-state index contributed by atoms with van der Waals surface area (Å²) in [7, 11) is 0. The Bertz CT molecular complexity index is 1150. The number of aromatic hydroxyl groups is 1. The van der Waals surface area contributed by atoms with Gasteiger partial charge >= 0.3 is 5.97 Å². The molecule has 0 fully saturated rings. The van der Waals surface area contributed by atoms with Gasteiger partial charge in [0.05, 0.1) is 0 Å². The molecule has 0 spiro atoms. The Hall–Kier alpha value is -3.67. The van der Waals surface area contributed by atoms with Crippen LogP contribution in [-0.4, -0.2) is 21.3 Å². The number of phenolic OH excluding ortho intramolecular Hbond substituents is 1. The van der Waals surface area contributed by atoms with Gasteiger partial charge in [-0.1, -0.05) is 48.0 Å². The van der Waals surface area contributed by atoms with Crippen LogP contribution in [0.3, 0.4) is 0 Å². The van der Waals surface area contributed by atoms with Crippen LogP contribution >= 0.6 is 0 Å². The van der Waals surface area contributed by atoms with Crippen LogP contribution in [0.2, 0.25) is 0 Å². The lowest BCUT2D eigenvalue weighted by Gasteiger charge is -2.11. The number of phenols is 1. The quantitative estimate of drug-likeness (QED) is 0.515.